The van der Waals surface area contributed by atoms with Crippen LogP contribution in [-0.2, 0) is 26.1 Å². The summed E-state index contributed by atoms with van der Waals surface area (Å²) in [7, 11) is -3.57. The van der Waals surface area contributed by atoms with Crippen molar-refractivity contribution in [3.63, 3.8) is 0 Å². The highest BCUT2D eigenvalue weighted by Gasteiger charge is 2.26. The van der Waals surface area contributed by atoms with Crippen molar-refractivity contribution in [1.29, 1.82) is 0 Å². The highest BCUT2D eigenvalue weighted by atomic mass is 32.2. The van der Waals surface area contributed by atoms with E-state index in [-0.39, 0.29) is 11.5 Å². The molecule has 2 aromatic carbocycles. The zero-order valence-electron chi connectivity index (χ0n) is 14.6. The minimum Gasteiger partial charge on any atom is -0.457 e. The summed E-state index contributed by atoms with van der Waals surface area (Å²) in [4.78, 5) is 12.3. The molecule has 1 saturated heterocycles. The van der Waals surface area contributed by atoms with Crippen molar-refractivity contribution in [3.05, 3.63) is 65.2 Å². The van der Waals surface area contributed by atoms with Crippen molar-refractivity contribution in [3.8, 4) is 0 Å². The fourth-order valence-corrected chi connectivity index (χ4v) is 4.21. The zero-order valence-corrected chi connectivity index (χ0v) is 15.4. The summed E-state index contributed by atoms with van der Waals surface area (Å²) in [6, 6.07) is 13.6. The second-order valence-corrected chi connectivity index (χ2v) is 8.05. The molecule has 0 aliphatic carbocycles. The third-order valence-electron chi connectivity index (χ3n) is 4.13. The number of morpholine rings is 1. The third-order valence-corrected chi connectivity index (χ3v) is 6.02. The molecule has 2 aromatic rings. The van der Waals surface area contributed by atoms with Gasteiger partial charge in [-0.3, -0.25) is 0 Å². The van der Waals surface area contributed by atoms with Crippen molar-refractivity contribution < 1.29 is 22.7 Å². The molecule has 6 nitrogen and oxygen atoms in total. The topological polar surface area (TPSA) is 72.9 Å². The Kier molecular flexibility index (Phi) is 5.70. The van der Waals surface area contributed by atoms with E-state index in [1.54, 1.807) is 42.5 Å². The molecular weight excluding hydrogens is 354 g/mol. The largest absolute Gasteiger partial charge is 0.457 e. The minimum atomic E-state index is -3.57. The van der Waals surface area contributed by atoms with Gasteiger partial charge < -0.3 is 9.47 Å². The molecule has 0 bridgehead atoms. The van der Waals surface area contributed by atoms with Crippen LogP contribution in [0.5, 0.6) is 0 Å². The third kappa shape index (κ3) is 4.30. The second kappa shape index (κ2) is 7.99. The molecule has 26 heavy (non-hydrogen) atoms. The van der Waals surface area contributed by atoms with Crippen LogP contribution in [0.25, 0.3) is 0 Å². The number of sulfonamides is 1. The van der Waals surface area contributed by atoms with Crippen molar-refractivity contribution in [2.24, 2.45) is 0 Å². The summed E-state index contributed by atoms with van der Waals surface area (Å²) in [6.45, 7) is 3.39. The molecule has 0 N–H and O–H groups in total. The highest BCUT2D eigenvalue weighted by molar-refractivity contribution is 7.89. The first kappa shape index (κ1) is 18.6. The maximum atomic E-state index is 12.7. The molecule has 0 radical (unpaired) electrons. The zero-order chi connectivity index (χ0) is 18.6. The van der Waals surface area contributed by atoms with E-state index in [4.69, 9.17) is 9.47 Å². The van der Waals surface area contributed by atoms with E-state index < -0.39 is 16.0 Å². The number of aryl methyl sites for hydroxylation is 1. The smallest absolute Gasteiger partial charge is 0.338 e. The molecule has 0 amide bonds. The molecule has 1 heterocycles. The molecule has 3 rings (SSSR count). The van der Waals surface area contributed by atoms with Crippen molar-refractivity contribution in [1.82, 2.24) is 4.31 Å². The molecular formula is C19H21NO5S. The van der Waals surface area contributed by atoms with Crippen LogP contribution in [0.4, 0.5) is 0 Å². The summed E-state index contributed by atoms with van der Waals surface area (Å²) in [5.41, 5.74) is 2.07. The average Bonchev–Trinajstić information content (AvgIpc) is 2.67. The summed E-state index contributed by atoms with van der Waals surface area (Å²) < 4.78 is 37.3. The van der Waals surface area contributed by atoms with Crippen LogP contribution in [0.2, 0.25) is 0 Å². The van der Waals surface area contributed by atoms with Crippen LogP contribution in [0, 0.1) is 6.92 Å². The number of rotatable bonds is 5. The van der Waals surface area contributed by atoms with Gasteiger partial charge in [0, 0.05) is 13.1 Å². The van der Waals surface area contributed by atoms with E-state index in [9.17, 15) is 13.2 Å². The van der Waals surface area contributed by atoms with Crippen molar-refractivity contribution in [2.45, 2.75) is 18.4 Å². The van der Waals surface area contributed by atoms with Gasteiger partial charge in [0.2, 0.25) is 10.0 Å². The van der Waals surface area contributed by atoms with E-state index in [0.29, 0.717) is 37.4 Å². The van der Waals surface area contributed by atoms with E-state index in [1.807, 2.05) is 13.0 Å². The number of benzene rings is 2. The summed E-state index contributed by atoms with van der Waals surface area (Å²) in [5.74, 6) is -0.435. The number of hydrogen-bond donors (Lipinski definition) is 0. The monoisotopic (exact) mass is 375 g/mol. The van der Waals surface area contributed by atoms with E-state index >= 15 is 0 Å². The molecule has 0 atom stereocenters. The molecule has 7 heteroatoms. The van der Waals surface area contributed by atoms with Crippen LogP contribution >= 0.6 is 0 Å². The Labute approximate surface area is 153 Å². The Hall–Kier alpha value is -2.22. The summed E-state index contributed by atoms with van der Waals surface area (Å²) in [6.07, 6.45) is 0. The molecule has 0 saturated carbocycles. The van der Waals surface area contributed by atoms with Crippen LogP contribution < -0.4 is 0 Å². The lowest BCUT2D eigenvalue weighted by atomic mass is 10.1. The van der Waals surface area contributed by atoms with Gasteiger partial charge in [-0.15, -0.1) is 0 Å². The fraction of sp³-hybridized carbons (Fsp3) is 0.316. The van der Waals surface area contributed by atoms with Crippen molar-refractivity contribution >= 4 is 16.0 Å². The molecule has 1 fully saturated rings. The number of hydrogen-bond acceptors (Lipinski definition) is 5. The number of ether oxygens (including phenoxy) is 2. The first-order valence-electron chi connectivity index (χ1n) is 8.37. The van der Waals surface area contributed by atoms with E-state index in [2.05, 4.69) is 0 Å². The number of nitrogens with zero attached hydrogens (tertiary/aromatic N) is 1. The van der Waals surface area contributed by atoms with Crippen molar-refractivity contribution in [2.75, 3.05) is 26.3 Å². The van der Waals surface area contributed by atoms with Gasteiger partial charge in [0.1, 0.15) is 6.61 Å². The Bertz CT molecular complexity index is 888. The SMILES string of the molecule is Cc1cccc(C(=O)OCc2cccc(S(=O)(=O)N3CCOCC3)c2)c1. The van der Waals surface area contributed by atoms with Gasteiger partial charge in [-0.2, -0.15) is 4.31 Å². The lowest BCUT2D eigenvalue weighted by Gasteiger charge is -2.26. The molecule has 0 spiro atoms. The Morgan fingerprint density at radius 3 is 2.58 bits per heavy atom. The number of esters is 1. The van der Waals surface area contributed by atoms with Crippen LogP contribution in [-0.4, -0.2) is 45.0 Å². The van der Waals surface area contributed by atoms with E-state index in [1.165, 1.54) is 4.31 Å². The quantitative estimate of drug-likeness (QED) is 0.750. The normalized spacial score (nSPS) is 15.6. The first-order chi connectivity index (χ1) is 12.5. The predicted molar refractivity (Wildman–Crippen MR) is 96.3 cm³/mol. The second-order valence-electron chi connectivity index (χ2n) is 6.11. The maximum absolute atomic E-state index is 12.7. The van der Waals surface area contributed by atoms with Gasteiger partial charge in [0.15, 0.2) is 0 Å². The molecule has 1 aliphatic rings. The maximum Gasteiger partial charge on any atom is 0.338 e. The number of carbonyl (C=O) groups excluding carboxylic acids is 1. The van der Waals surface area contributed by atoms with Gasteiger partial charge in [-0.1, -0.05) is 29.8 Å². The summed E-state index contributed by atoms with van der Waals surface area (Å²) >= 11 is 0. The van der Waals surface area contributed by atoms with Gasteiger partial charge in [-0.05, 0) is 36.8 Å². The molecule has 1 aliphatic heterocycles. The Morgan fingerprint density at radius 1 is 1.12 bits per heavy atom. The lowest BCUT2D eigenvalue weighted by Crippen LogP contribution is -2.40. The lowest BCUT2D eigenvalue weighted by molar-refractivity contribution is 0.0472. The highest BCUT2D eigenvalue weighted by Crippen LogP contribution is 2.19. The number of carbonyl (C=O) groups is 1. The average molecular weight is 375 g/mol. The Balaban J connectivity index is 1.70. The fourth-order valence-electron chi connectivity index (χ4n) is 2.74. The van der Waals surface area contributed by atoms with Crippen LogP contribution in [0.3, 0.4) is 0 Å². The first-order valence-corrected chi connectivity index (χ1v) is 9.81. The van der Waals surface area contributed by atoms with Gasteiger partial charge in [-0.25, -0.2) is 13.2 Å². The van der Waals surface area contributed by atoms with Gasteiger partial charge in [0.05, 0.1) is 23.7 Å². The summed E-state index contributed by atoms with van der Waals surface area (Å²) in [5, 5.41) is 0. The minimum absolute atomic E-state index is 0.0131. The van der Waals surface area contributed by atoms with Crippen LogP contribution in [0.1, 0.15) is 21.5 Å². The standard InChI is InChI=1S/C19H21NO5S/c1-15-4-2-6-17(12-15)19(21)25-14-16-5-3-7-18(13-16)26(22,23)20-8-10-24-11-9-20/h2-7,12-13H,8-11,14H2,1H3. The Morgan fingerprint density at radius 2 is 1.85 bits per heavy atom. The molecule has 138 valence electrons. The van der Waals surface area contributed by atoms with Gasteiger partial charge >= 0.3 is 5.97 Å². The van der Waals surface area contributed by atoms with Crippen LogP contribution in [0.15, 0.2) is 53.4 Å². The van der Waals surface area contributed by atoms with Gasteiger partial charge in [0.25, 0.3) is 0 Å². The predicted octanol–water partition coefficient (Wildman–Crippen LogP) is 2.37. The molecule has 0 aromatic heterocycles. The van der Waals surface area contributed by atoms with E-state index in [0.717, 1.165) is 5.56 Å². The molecule has 0 unspecified atom stereocenters.